The fourth-order valence-corrected chi connectivity index (χ4v) is 1.53. The Bertz CT molecular complexity index is 275. The Morgan fingerprint density at radius 2 is 2.06 bits per heavy atom. The Kier molecular flexibility index (Phi) is 3.74. The second-order valence-corrected chi connectivity index (χ2v) is 3.63. The van der Waals surface area contributed by atoms with E-state index in [1.54, 1.807) is 0 Å². The van der Waals surface area contributed by atoms with Crippen molar-refractivity contribution in [3.63, 3.8) is 0 Å². The fraction of sp³-hybridized carbons (Fsp3) is 0.875. The number of nitrogens with zero attached hydrogens (tertiary/aromatic N) is 1. The van der Waals surface area contributed by atoms with Crippen LogP contribution in [0.1, 0.15) is 0 Å². The van der Waals surface area contributed by atoms with E-state index in [0.29, 0.717) is 4.90 Å². The van der Waals surface area contributed by atoms with Gasteiger partial charge in [0.25, 0.3) is 5.91 Å². The van der Waals surface area contributed by atoms with Gasteiger partial charge in [0.1, 0.15) is 0 Å². The van der Waals surface area contributed by atoms with E-state index in [-0.39, 0.29) is 13.1 Å². The lowest BCUT2D eigenvalue weighted by Gasteiger charge is -2.29. The van der Waals surface area contributed by atoms with E-state index < -0.39 is 30.4 Å². The van der Waals surface area contributed by atoms with Gasteiger partial charge >= 0.3 is 12.3 Å². The molecule has 0 bridgehead atoms. The number of carbonyl (C=O) groups excluding carboxylic acids is 1. The normalized spacial score (nSPS) is 26.2. The topological polar surface area (TPSA) is 52.6 Å². The zero-order valence-corrected chi connectivity index (χ0v) is 8.46. The standard InChI is InChI=1S/C8H12F4N2O2/c1-14(4-2-13-3-5(4)15)7(16)8(11,12)6(9)10/h4-6,13,15H,2-3H2,1H3/t4-,5-/m0/s1. The van der Waals surface area contributed by atoms with Crippen LogP contribution >= 0.6 is 0 Å². The molecule has 0 radical (unpaired) electrons. The number of hydrogen-bond acceptors (Lipinski definition) is 3. The molecule has 1 heterocycles. The number of aliphatic hydroxyl groups is 1. The molecule has 2 atom stereocenters. The van der Waals surface area contributed by atoms with Crippen LogP contribution in [-0.4, -0.2) is 60.5 Å². The summed E-state index contributed by atoms with van der Waals surface area (Å²) in [6.07, 6.45) is -5.07. The third-order valence-electron chi connectivity index (χ3n) is 2.53. The second-order valence-electron chi connectivity index (χ2n) is 3.63. The van der Waals surface area contributed by atoms with Crippen molar-refractivity contribution in [2.75, 3.05) is 20.1 Å². The highest BCUT2D eigenvalue weighted by Crippen LogP contribution is 2.26. The van der Waals surface area contributed by atoms with E-state index in [1.165, 1.54) is 0 Å². The number of β-amino-alcohol motifs (C(OH)–C–C–N with tert-alkyl or cyclic N) is 1. The first-order chi connectivity index (χ1) is 7.28. The Balaban J connectivity index is 2.74. The van der Waals surface area contributed by atoms with Crippen molar-refractivity contribution in [2.24, 2.45) is 0 Å². The molecule has 0 unspecified atom stereocenters. The number of nitrogens with one attached hydrogen (secondary N) is 1. The summed E-state index contributed by atoms with van der Waals surface area (Å²) in [7, 11) is 0.972. The van der Waals surface area contributed by atoms with Gasteiger partial charge in [-0.05, 0) is 0 Å². The highest BCUT2D eigenvalue weighted by atomic mass is 19.3. The van der Waals surface area contributed by atoms with Crippen molar-refractivity contribution in [1.29, 1.82) is 0 Å². The summed E-state index contributed by atoms with van der Waals surface area (Å²) >= 11 is 0. The van der Waals surface area contributed by atoms with Crippen molar-refractivity contribution < 1.29 is 27.5 Å². The lowest BCUT2D eigenvalue weighted by Crippen LogP contribution is -2.53. The minimum atomic E-state index is -4.71. The van der Waals surface area contributed by atoms with E-state index in [2.05, 4.69) is 5.32 Å². The third-order valence-corrected chi connectivity index (χ3v) is 2.53. The molecule has 8 heteroatoms. The zero-order valence-electron chi connectivity index (χ0n) is 8.46. The van der Waals surface area contributed by atoms with E-state index >= 15 is 0 Å². The van der Waals surface area contributed by atoms with Crippen LogP contribution in [0.15, 0.2) is 0 Å². The van der Waals surface area contributed by atoms with Crippen LogP contribution in [0.25, 0.3) is 0 Å². The summed E-state index contributed by atoms with van der Waals surface area (Å²) in [5.74, 6) is -6.69. The average Bonchev–Trinajstić information content (AvgIpc) is 2.61. The van der Waals surface area contributed by atoms with Gasteiger partial charge in [0.05, 0.1) is 12.1 Å². The van der Waals surface area contributed by atoms with Gasteiger partial charge in [-0.3, -0.25) is 4.79 Å². The number of hydrogen-bond donors (Lipinski definition) is 2. The number of amides is 1. The SMILES string of the molecule is CN(C(=O)C(F)(F)C(F)F)[C@H]1CNC[C@@H]1O. The van der Waals surface area contributed by atoms with Crippen molar-refractivity contribution in [2.45, 2.75) is 24.5 Å². The molecular formula is C8H12F4N2O2. The van der Waals surface area contributed by atoms with Gasteiger partial charge in [-0.1, -0.05) is 0 Å². The fourth-order valence-electron chi connectivity index (χ4n) is 1.53. The van der Waals surface area contributed by atoms with Crippen LogP contribution in [0.3, 0.4) is 0 Å². The molecule has 0 aromatic rings. The molecule has 1 saturated heterocycles. The molecule has 1 aliphatic heterocycles. The monoisotopic (exact) mass is 244 g/mol. The molecule has 94 valence electrons. The van der Waals surface area contributed by atoms with Crippen molar-refractivity contribution >= 4 is 5.91 Å². The number of likely N-dealkylation sites (N-methyl/N-ethyl adjacent to an activating group) is 1. The van der Waals surface area contributed by atoms with Gasteiger partial charge in [0.15, 0.2) is 0 Å². The van der Waals surface area contributed by atoms with Crippen LogP contribution in [0.4, 0.5) is 17.6 Å². The Morgan fingerprint density at radius 1 is 1.50 bits per heavy atom. The maximum absolute atomic E-state index is 12.7. The number of halogens is 4. The number of rotatable bonds is 3. The first-order valence-electron chi connectivity index (χ1n) is 4.60. The minimum Gasteiger partial charge on any atom is -0.390 e. The summed E-state index contributed by atoms with van der Waals surface area (Å²) in [6.45, 7) is 0.241. The maximum Gasteiger partial charge on any atom is 0.383 e. The smallest absolute Gasteiger partial charge is 0.383 e. The highest BCUT2D eigenvalue weighted by Gasteiger charge is 2.52. The molecule has 1 amide bonds. The third kappa shape index (κ3) is 2.27. The molecule has 0 aromatic carbocycles. The minimum absolute atomic E-state index is 0.0999. The van der Waals surface area contributed by atoms with Gasteiger partial charge in [-0.25, -0.2) is 8.78 Å². The van der Waals surface area contributed by atoms with Crippen molar-refractivity contribution in [3.05, 3.63) is 0 Å². The van der Waals surface area contributed by atoms with Crippen LogP contribution < -0.4 is 5.32 Å². The number of alkyl halides is 4. The lowest BCUT2D eigenvalue weighted by atomic mass is 10.1. The van der Waals surface area contributed by atoms with Gasteiger partial charge in [-0.15, -0.1) is 0 Å². The molecule has 1 fully saturated rings. The molecule has 0 spiro atoms. The van der Waals surface area contributed by atoms with Crippen LogP contribution in [-0.2, 0) is 4.79 Å². The molecule has 1 rings (SSSR count). The number of aliphatic hydroxyl groups excluding tert-OH is 1. The lowest BCUT2D eigenvalue weighted by molar-refractivity contribution is -0.182. The predicted molar refractivity (Wildman–Crippen MR) is 46.4 cm³/mol. The van der Waals surface area contributed by atoms with Gasteiger partial charge in [0, 0.05) is 20.1 Å². The van der Waals surface area contributed by atoms with Crippen molar-refractivity contribution in [1.82, 2.24) is 10.2 Å². The Morgan fingerprint density at radius 3 is 2.44 bits per heavy atom. The summed E-state index contributed by atoms with van der Waals surface area (Å²) in [5.41, 5.74) is 0. The maximum atomic E-state index is 12.7. The van der Waals surface area contributed by atoms with Gasteiger partial charge in [-0.2, -0.15) is 8.78 Å². The highest BCUT2D eigenvalue weighted by molar-refractivity contribution is 5.84. The second kappa shape index (κ2) is 4.54. The molecule has 0 saturated carbocycles. The van der Waals surface area contributed by atoms with E-state index in [0.717, 1.165) is 7.05 Å². The van der Waals surface area contributed by atoms with Crippen LogP contribution in [0.2, 0.25) is 0 Å². The molecule has 0 aromatic heterocycles. The summed E-state index contributed by atoms with van der Waals surface area (Å²) in [6, 6.07) is -0.905. The first-order valence-corrected chi connectivity index (χ1v) is 4.60. The summed E-state index contributed by atoms with van der Waals surface area (Å²) in [4.78, 5) is 11.6. The first kappa shape index (κ1) is 13.2. The Hall–Kier alpha value is -0.890. The van der Waals surface area contributed by atoms with Crippen LogP contribution in [0, 0.1) is 0 Å². The number of carbonyl (C=O) groups is 1. The molecule has 4 nitrogen and oxygen atoms in total. The van der Waals surface area contributed by atoms with E-state index in [1.807, 2.05) is 0 Å². The van der Waals surface area contributed by atoms with Crippen LogP contribution in [0.5, 0.6) is 0 Å². The molecule has 1 aliphatic rings. The quantitative estimate of drug-likeness (QED) is 0.669. The zero-order chi connectivity index (χ0) is 12.5. The molecular weight excluding hydrogens is 232 g/mol. The molecule has 0 aliphatic carbocycles. The van der Waals surface area contributed by atoms with E-state index in [4.69, 9.17) is 0 Å². The summed E-state index contributed by atoms with van der Waals surface area (Å²) in [5, 5.41) is 12.0. The summed E-state index contributed by atoms with van der Waals surface area (Å²) < 4.78 is 49.3. The van der Waals surface area contributed by atoms with Crippen molar-refractivity contribution in [3.8, 4) is 0 Å². The molecule has 16 heavy (non-hydrogen) atoms. The Labute approximate surface area is 89.2 Å². The molecule has 2 N–H and O–H groups in total. The van der Waals surface area contributed by atoms with Gasteiger partial charge < -0.3 is 15.3 Å². The largest absolute Gasteiger partial charge is 0.390 e. The van der Waals surface area contributed by atoms with Gasteiger partial charge in [0.2, 0.25) is 0 Å². The van der Waals surface area contributed by atoms with E-state index in [9.17, 15) is 27.5 Å². The average molecular weight is 244 g/mol. The predicted octanol–water partition coefficient (Wildman–Crippen LogP) is -0.322.